The van der Waals surface area contributed by atoms with Crippen LogP contribution in [0.2, 0.25) is 0 Å². The molecule has 4 nitrogen and oxygen atoms in total. The summed E-state index contributed by atoms with van der Waals surface area (Å²) in [7, 11) is 4.38. The van der Waals surface area contributed by atoms with Crippen molar-refractivity contribution in [2.75, 3.05) is 38.1 Å². The first-order valence-corrected chi connectivity index (χ1v) is 9.32. The van der Waals surface area contributed by atoms with Crippen molar-refractivity contribution >= 4 is 38.3 Å². The van der Waals surface area contributed by atoms with E-state index < -0.39 is 0 Å². The molecular formula is C22H24N4. The second kappa shape index (κ2) is 5.71. The Hall–Kier alpha value is -2.59. The number of aryl methyl sites for hydroxylation is 2. The summed E-state index contributed by atoms with van der Waals surface area (Å²) in [5, 5.41) is 5.18. The summed E-state index contributed by atoms with van der Waals surface area (Å²) in [4.78, 5) is 9.23. The van der Waals surface area contributed by atoms with E-state index in [2.05, 4.69) is 70.7 Å². The van der Waals surface area contributed by atoms with E-state index in [9.17, 15) is 0 Å². The smallest absolute Gasteiger partial charge is 0.0524 e. The largest absolute Gasteiger partial charge is 0.369 e. The van der Waals surface area contributed by atoms with Crippen LogP contribution in [-0.2, 0) is 7.05 Å². The summed E-state index contributed by atoms with van der Waals surface area (Å²) in [6, 6.07) is 11.4. The molecule has 3 heterocycles. The highest BCUT2D eigenvalue weighted by atomic mass is 15.2. The molecule has 5 rings (SSSR count). The lowest BCUT2D eigenvalue weighted by Gasteiger charge is -2.34. The number of benzene rings is 2. The van der Waals surface area contributed by atoms with Crippen LogP contribution in [0.25, 0.3) is 32.6 Å². The van der Waals surface area contributed by atoms with Gasteiger partial charge in [-0.3, -0.25) is 4.98 Å². The second-order valence-electron chi connectivity index (χ2n) is 7.55. The highest BCUT2D eigenvalue weighted by molar-refractivity contribution is 6.15. The summed E-state index contributed by atoms with van der Waals surface area (Å²) < 4.78 is 2.34. The summed E-state index contributed by atoms with van der Waals surface area (Å²) in [5.74, 6) is 0. The van der Waals surface area contributed by atoms with Gasteiger partial charge in [0.2, 0.25) is 0 Å². The van der Waals surface area contributed by atoms with Crippen molar-refractivity contribution in [3.63, 3.8) is 0 Å². The van der Waals surface area contributed by atoms with Crippen LogP contribution >= 0.6 is 0 Å². The Morgan fingerprint density at radius 1 is 0.885 bits per heavy atom. The highest BCUT2D eigenvalue weighted by Crippen LogP contribution is 2.36. The maximum absolute atomic E-state index is 4.33. The van der Waals surface area contributed by atoms with E-state index in [1.807, 2.05) is 12.4 Å². The van der Waals surface area contributed by atoms with E-state index in [0.29, 0.717) is 0 Å². The zero-order valence-corrected chi connectivity index (χ0v) is 15.7. The van der Waals surface area contributed by atoms with Gasteiger partial charge in [0.1, 0.15) is 0 Å². The van der Waals surface area contributed by atoms with Crippen molar-refractivity contribution in [1.82, 2.24) is 14.5 Å². The number of piperazine rings is 1. The van der Waals surface area contributed by atoms with Gasteiger partial charge in [-0.2, -0.15) is 0 Å². The summed E-state index contributed by atoms with van der Waals surface area (Å²) in [6.07, 6.45) is 3.86. The predicted molar refractivity (Wildman–Crippen MR) is 110 cm³/mol. The molecule has 0 N–H and O–H groups in total. The molecule has 2 aromatic heterocycles. The van der Waals surface area contributed by atoms with Crippen LogP contribution in [0.5, 0.6) is 0 Å². The minimum Gasteiger partial charge on any atom is -0.369 e. The van der Waals surface area contributed by atoms with Crippen LogP contribution in [0.3, 0.4) is 0 Å². The number of anilines is 1. The number of likely N-dealkylation sites (N-methyl/N-ethyl adjacent to an activating group) is 1. The minimum absolute atomic E-state index is 1.10. The van der Waals surface area contributed by atoms with Gasteiger partial charge >= 0.3 is 0 Å². The molecular weight excluding hydrogens is 320 g/mol. The lowest BCUT2D eigenvalue weighted by molar-refractivity contribution is 0.313. The van der Waals surface area contributed by atoms with E-state index in [4.69, 9.17) is 0 Å². The van der Waals surface area contributed by atoms with Crippen molar-refractivity contribution in [2.45, 2.75) is 6.92 Å². The Labute approximate surface area is 153 Å². The molecule has 2 aromatic carbocycles. The SMILES string of the molecule is Cc1c2ccncc2cc2c3cc(N4CCN(C)CC4)ccc3n(C)c12. The number of hydrogen-bond acceptors (Lipinski definition) is 3. The van der Waals surface area contributed by atoms with Crippen molar-refractivity contribution in [3.05, 3.63) is 48.3 Å². The van der Waals surface area contributed by atoms with Gasteiger partial charge in [0, 0.05) is 73.0 Å². The van der Waals surface area contributed by atoms with Crippen LogP contribution in [0.4, 0.5) is 5.69 Å². The topological polar surface area (TPSA) is 24.3 Å². The second-order valence-corrected chi connectivity index (χ2v) is 7.55. The average Bonchev–Trinajstić information content (AvgIpc) is 2.95. The molecule has 0 amide bonds. The van der Waals surface area contributed by atoms with Gasteiger partial charge in [0.25, 0.3) is 0 Å². The lowest BCUT2D eigenvalue weighted by Crippen LogP contribution is -2.44. The third-order valence-electron chi connectivity index (χ3n) is 6.00. The van der Waals surface area contributed by atoms with Crippen LogP contribution in [0.15, 0.2) is 42.7 Å². The minimum atomic E-state index is 1.10. The Morgan fingerprint density at radius 3 is 2.50 bits per heavy atom. The van der Waals surface area contributed by atoms with Crippen molar-refractivity contribution in [3.8, 4) is 0 Å². The Morgan fingerprint density at radius 2 is 1.69 bits per heavy atom. The van der Waals surface area contributed by atoms with Gasteiger partial charge < -0.3 is 14.4 Å². The van der Waals surface area contributed by atoms with Gasteiger partial charge in [-0.05, 0) is 55.3 Å². The molecule has 0 bridgehead atoms. The predicted octanol–water partition coefficient (Wildman–Crippen LogP) is 3.94. The molecule has 0 saturated carbocycles. The molecule has 0 radical (unpaired) electrons. The summed E-state index contributed by atoms with van der Waals surface area (Å²) in [5.41, 5.74) is 5.29. The molecule has 0 spiro atoms. The van der Waals surface area contributed by atoms with Crippen LogP contribution < -0.4 is 4.90 Å². The molecule has 0 unspecified atom stereocenters. The quantitative estimate of drug-likeness (QED) is 0.523. The molecule has 0 aliphatic carbocycles. The zero-order chi connectivity index (χ0) is 17.8. The Bertz CT molecular complexity index is 1130. The maximum Gasteiger partial charge on any atom is 0.0524 e. The summed E-state index contributed by atoms with van der Waals surface area (Å²) in [6.45, 7) is 6.67. The first-order chi connectivity index (χ1) is 12.6. The van der Waals surface area contributed by atoms with E-state index in [-0.39, 0.29) is 0 Å². The van der Waals surface area contributed by atoms with Gasteiger partial charge in [-0.25, -0.2) is 0 Å². The van der Waals surface area contributed by atoms with E-state index in [1.54, 1.807) is 0 Å². The first-order valence-electron chi connectivity index (χ1n) is 9.32. The maximum atomic E-state index is 4.33. The number of fused-ring (bicyclic) bond motifs is 4. The Kier molecular flexibility index (Phi) is 3.44. The number of rotatable bonds is 1. The fourth-order valence-electron chi connectivity index (χ4n) is 4.47. The number of pyridine rings is 1. The molecule has 132 valence electrons. The van der Waals surface area contributed by atoms with Crippen molar-refractivity contribution < 1.29 is 0 Å². The number of aromatic nitrogens is 2. The fraction of sp³-hybridized carbons (Fsp3) is 0.318. The molecule has 1 saturated heterocycles. The summed E-state index contributed by atoms with van der Waals surface area (Å²) >= 11 is 0. The van der Waals surface area contributed by atoms with Crippen molar-refractivity contribution in [2.24, 2.45) is 7.05 Å². The van der Waals surface area contributed by atoms with Crippen LogP contribution in [0.1, 0.15) is 5.56 Å². The molecule has 4 aromatic rings. The number of hydrogen-bond donors (Lipinski definition) is 0. The molecule has 0 atom stereocenters. The van der Waals surface area contributed by atoms with Gasteiger partial charge in [-0.1, -0.05) is 0 Å². The fourth-order valence-corrected chi connectivity index (χ4v) is 4.47. The van der Waals surface area contributed by atoms with Gasteiger partial charge in [-0.15, -0.1) is 0 Å². The third kappa shape index (κ3) is 2.22. The standard InChI is InChI=1S/C22H24N4/c1-15-18-6-7-23-14-16(18)12-20-19-13-17(26-10-8-24(2)9-11-26)4-5-21(19)25(3)22(15)20/h4-7,12-14H,8-11H2,1-3H3. The molecule has 4 heteroatoms. The van der Waals surface area contributed by atoms with E-state index >= 15 is 0 Å². The lowest BCUT2D eigenvalue weighted by atomic mass is 10.0. The average molecular weight is 344 g/mol. The first kappa shape index (κ1) is 15.6. The van der Waals surface area contributed by atoms with Gasteiger partial charge in [0.05, 0.1) is 5.52 Å². The molecule has 1 aliphatic rings. The molecule has 1 fully saturated rings. The van der Waals surface area contributed by atoms with Gasteiger partial charge in [0.15, 0.2) is 0 Å². The molecule has 26 heavy (non-hydrogen) atoms. The number of nitrogens with zero attached hydrogens (tertiary/aromatic N) is 4. The normalized spacial score (nSPS) is 16.2. The van der Waals surface area contributed by atoms with E-state index in [1.165, 1.54) is 43.8 Å². The van der Waals surface area contributed by atoms with Crippen molar-refractivity contribution in [1.29, 1.82) is 0 Å². The monoisotopic (exact) mass is 344 g/mol. The van der Waals surface area contributed by atoms with E-state index in [0.717, 1.165) is 26.2 Å². The van der Waals surface area contributed by atoms with Crippen LogP contribution in [0, 0.1) is 6.92 Å². The van der Waals surface area contributed by atoms with Crippen LogP contribution in [-0.4, -0.2) is 47.7 Å². The Balaban J connectivity index is 1.76. The highest BCUT2D eigenvalue weighted by Gasteiger charge is 2.17. The zero-order valence-electron chi connectivity index (χ0n) is 15.7. The molecule has 1 aliphatic heterocycles. The third-order valence-corrected chi connectivity index (χ3v) is 6.00.